The third-order valence-corrected chi connectivity index (χ3v) is 4.72. The Balaban J connectivity index is 1.60. The highest BCUT2D eigenvalue weighted by atomic mass is 19.2. The highest BCUT2D eigenvalue weighted by Gasteiger charge is 2.23. The SMILES string of the molecule is Cc1cccnc1CNc1nccc2c1N(Cc1ccc(F)c(F)c1)CCO2. The minimum absolute atomic E-state index is 0.427. The Morgan fingerprint density at radius 1 is 1.11 bits per heavy atom. The average molecular weight is 382 g/mol. The number of nitrogens with one attached hydrogen (secondary N) is 1. The van der Waals surface area contributed by atoms with Gasteiger partial charge in [-0.25, -0.2) is 13.8 Å². The minimum atomic E-state index is -0.846. The van der Waals surface area contributed by atoms with Gasteiger partial charge in [0.15, 0.2) is 17.5 Å². The second kappa shape index (κ2) is 7.80. The summed E-state index contributed by atoms with van der Waals surface area (Å²) in [6.45, 7) is 4.09. The standard InChI is InChI=1S/C21H20F2N4O/c1-14-3-2-7-24-18(14)12-26-21-20-19(6-8-25-21)28-10-9-27(20)13-15-4-5-16(22)17(23)11-15/h2-8,11H,9-10,12-13H2,1H3,(H,25,26). The molecule has 0 bridgehead atoms. The molecule has 0 radical (unpaired) electrons. The van der Waals surface area contributed by atoms with Crippen molar-refractivity contribution in [1.82, 2.24) is 9.97 Å². The fraction of sp³-hybridized carbons (Fsp3) is 0.238. The number of aryl methyl sites for hydroxylation is 1. The van der Waals surface area contributed by atoms with E-state index < -0.39 is 11.6 Å². The highest BCUT2D eigenvalue weighted by Crippen LogP contribution is 2.38. The second-order valence-electron chi connectivity index (χ2n) is 6.65. The zero-order valence-electron chi connectivity index (χ0n) is 15.5. The van der Waals surface area contributed by atoms with Crippen molar-refractivity contribution in [2.75, 3.05) is 23.4 Å². The van der Waals surface area contributed by atoms with Crippen molar-refractivity contribution in [3.05, 3.63) is 77.2 Å². The van der Waals surface area contributed by atoms with Crippen LogP contribution in [-0.2, 0) is 13.1 Å². The van der Waals surface area contributed by atoms with Crippen molar-refractivity contribution >= 4 is 11.5 Å². The van der Waals surface area contributed by atoms with E-state index in [1.165, 1.54) is 6.07 Å². The highest BCUT2D eigenvalue weighted by molar-refractivity contribution is 5.74. The van der Waals surface area contributed by atoms with Gasteiger partial charge < -0.3 is 15.0 Å². The summed E-state index contributed by atoms with van der Waals surface area (Å²) in [4.78, 5) is 10.9. The number of anilines is 2. The largest absolute Gasteiger partial charge is 0.489 e. The Labute approximate surface area is 162 Å². The number of nitrogens with zero attached hydrogens (tertiary/aromatic N) is 3. The van der Waals surface area contributed by atoms with Crippen LogP contribution in [0.2, 0.25) is 0 Å². The molecule has 3 heterocycles. The van der Waals surface area contributed by atoms with E-state index in [4.69, 9.17) is 4.74 Å². The zero-order valence-corrected chi connectivity index (χ0v) is 15.5. The number of benzene rings is 1. The maximum atomic E-state index is 13.6. The maximum Gasteiger partial charge on any atom is 0.159 e. The Kier molecular flexibility index (Phi) is 5.06. The first kappa shape index (κ1) is 18.2. The van der Waals surface area contributed by atoms with Crippen molar-refractivity contribution in [2.45, 2.75) is 20.0 Å². The van der Waals surface area contributed by atoms with E-state index in [0.717, 1.165) is 23.0 Å². The van der Waals surface area contributed by atoms with E-state index in [-0.39, 0.29) is 0 Å². The zero-order chi connectivity index (χ0) is 19.5. The first-order valence-corrected chi connectivity index (χ1v) is 9.07. The summed E-state index contributed by atoms with van der Waals surface area (Å²) in [5.41, 5.74) is 3.52. The van der Waals surface area contributed by atoms with Crippen LogP contribution >= 0.6 is 0 Å². The summed E-state index contributed by atoms with van der Waals surface area (Å²) in [5, 5.41) is 3.34. The van der Waals surface area contributed by atoms with E-state index in [2.05, 4.69) is 20.2 Å². The van der Waals surface area contributed by atoms with Gasteiger partial charge in [-0.15, -0.1) is 0 Å². The number of halogens is 2. The fourth-order valence-electron chi connectivity index (χ4n) is 3.25. The Bertz CT molecular complexity index is 996. The molecule has 28 heavy (non-hydrogen) atoms. The van der Waals surface area contributed by atoms with Crippen molar-refractivity contribution in [2.24, 2.45) is 0 Å². The van der Waals surface area contributed by atoms with Gasteiger partial charge >= 0.3 is 0 Å². The second-order valence-corrected chi connectivity index (χ2v) is 6.65. The van der Waals surface area contributed by atoms with Gasteiger partial charge in [0.1, 0.15) is 18.0 Å². The molecule has 0 saturated heterocycles. The monoisotopic (exact) mass is 382 g/mol. The van der Waals surface area contributed by atoms with Crippen LogP contribution in [0.25, 0.3) is 0 Å². The molecule has 2 aromatic heterocycles. The maximum absolute atomic E-state index is 13.6. The van der Waals surface area contributed by atoms with Crippen LogP contribution in [0, 0.1) is 18.6 Å². The molecule has 1 aliphatic rings. The molecule has 1 aromatic carbocycles. The third kappa shape index (κ3) is 3.74. The van der Waals surface area contributed by atoms with E-state index in [0.29, 0.717) is 43.4 Å². The number of hydrogen-bond donors (Lipinski definition) is 1. The number of fused-ring (bicyclic) bond motifs is 1. The minimum Gasteiger partial charge on any atom is -0.489 e. The lowest BCUT2D eigenvalue weighted by Crippen LogP contribution is -2.33. The third-order valence-electron chi connectivity index (χ3n) is 4.72. The first-order chi connectivity index (χ1) is 13.6. The van der Waals surface area contributed by atoms with Crippen LogP contribution in [0.1, 0.15) is 16.8 Å². The Hall–Kier alpha value is -3.22. The molecule has 0 fully saturated rings. The molecular weight excluding hydrogens is 362 g/mol. The molecule has 0 unspecified atom stereocenters. The summed E-state index contributed by atoms with van der Waals surface area (Å²) in [5.74, 6) is -0.309. The molecule has 0 atom stereocenters. The van der Waals surface area contributed by atoms with Gasteiger partial charge in [-0.3, -0.25) is 4.98 Å². The first-order valence-electron chi connectivity index (χ1n) is 9.07. The van der Waals surface area contributed by atoms with Gasteiger partial charge in [-0.2, -0.15) is 0 Å². The number of pyridine rings is 2. The average Bonchev–Trinajstić information content (AvgIpc) is 2.70. The Morgan fingerprint density at radius 2 is 2.00 bits per heavy atom. The molecule has 0 amide bonds. The Morgan fingerprint density at radius 3 is 2.82 bits per heavy atom. The summed E-state index contributed by atoms with van der Waals surface area (Å²) < 4.78 is 32.6. The van der Waals surface area contributed by atoms with Gasteiger partial charge in [0.05, 0.1) is 18.8 Å². The van der Waals surface area contributed by atoms with E-state index in [9.17, 15) is 8.78 Å². The van der Waals surface area contributed by atoms with Crippen molar-refractivity contribution < 1.29 is 13.5 Å². The molecule has 1 N–H and O–H groups in total. The van der Waals surface area contributed by atoms with Crippen molar-refractivity contribution in [3.63, 3.8) is 0 Å². The van der Waals surface area contributed by atoms with E-state index >= 15 is 0 Å². The molecule has 1 aliphatic heterocycles. The molecule has 144 valence electrons. The lowest BCUT2D eigenvalue weighted by Gasteiger charge is -2.32. The molecule has 4 rings (SSSR count). The number of hydrogen-bond acceptors (Lipinski definition) is 5. The quantitative estimate of drug-likeness (QED) is 0.721. The molecular formula is C21H20F2N4O. The lowest BCUT2D eigenvalue weighted by molar-refractivity contribution is 0.306. The molecule has 0 saturated carbocycles. The van der Waals surface area contributed by atoms with Gasteiger partial charge in [-0.05, 0) is 36.2 Å². The number of ether oxygens (including phenoxy) is 1. The predicted molar refractivity (Wildman–Crippen MR) is 103 cm³/mol. The van der Waals surface area contributed by atoms with Gasteiger partial charge in [0, 0.05) is 25.0 Å². The van der Waals surface area contributed by atoms with E-state index in [1.807, 2.05) is 25.1 Å². The summed E-state index contributed by atoms with van der Waals surface area (Å²) in [6.07, 6.45) is 3.45. The van der Waals surface area contributed by atoms with Crippen LogP contribution in [-0.4, -0.2) is 23.1 Å². The van der Waals surface area contributed by atoms with Gasteiger partial charge in [0.2, 0.25) is 0 Å². The summed E-state index contributed by atoms with van der Waals surface area (Å²) in [7, 11) is 0. The predicted octanol–water partition coefficient (Wildman–Crippen LogP) is 4.07. The fourth-order valence-corrected chi connectivity index (χ4v) is 3.25. The molecule has 3 aromatic rings. The van der Waals surface area contributed by atoms with Gasteiger partial charge in [0.25, 0.3) is 0 Å². The van der Waals surface area contributed by atoms with Crippen LogP contribution in [0.15, 0.2) is 48.8 Å². The number of rotatable bonds is 5. The summed E-state index contributed by atoms with van der Waals surface area (Å²) in [6, 6.07) is 9.69. The lowest BCUT2D eigenvalue weighted by atomic mass is 10.1. The molecule has 0 aliphatic carbocycles. The molecule has 7 heteroatoms. The topological polar surface area (TPSA) is 50.3 Å². The van der Waals surface area contributed by atoms with Crippen LogP contribution in [0.3, 0.4) is 0 Å². The smallest absolute Gasteiger partial charge is 0.159 e. The van der Waals surface area contributed by atoms with Gasteiger partial charge in [-0.1, -0.05) is 12.1 Å². The van der Waals surface area contributed by atoms with Crippen molar-refractivity contribution in [3.8, 4) is 5.75 Å². The van der Waals surface area contributed by atoms with Crippen LogP contribution in [0.5, 0.6) is 5.75 Å². The number of aromatic nitrogens is 2. The molecule has 5 nitrogen and oxygen atoms in total. The van der Waals surface area contributed by atoms with E-state index in [1.54, 1.807) is 18.5 Å². The van der Waals surface area contributed by atoms with Crippen LogP contribution < -0.4 is 15.0 Å². The molecule has 0 spiro atoms. The van der Waals surface area contributed by atoms with Crippen molar-refractivity contribution in [1.29, 1.82) is 0 Å². The normalized spacial score (nSPS) is 13.0. The van der Waals surface area contributed by atoms with Crippen LogP contribution in [0.4, 0.5) is 20.3 Å². The summed E-state index contributed by atoms with van der Waals surface area (Å²) >= 11 is 0.